The molecule has 0 aromatic heterocycles. The van der Waals surface area contributed by atoms with Gasteiger partial charge in [-0.25, -0.2) is 4.79 Å². The van der Waals surface area contributed by atoms with Crippen LogP contribution in [0.5, 0.6) is 0 Å². The van der Waals surface area contributed by atoms with Crippen LogP contribution in [-0.4, -0.2) is 11.1 Å². The third kappa shape index (κ3) is 3.10. The Kier molecular flexibility index (Phi) is 3.83. The molecule has 0 atom stereocenters. The second kappa shape index (κ2) is 5.38. The van der Waals surface area contributed by atoms with E-state index in [0.717, 1.165) is 0 Å². The lowest BCUT2D eigenvalue weighted by molar-refractivity contribution is 0.0698. The maximum Gasteiger partial charge on any atom is 0.337 e. The number of hydrogen-bond acceptors (Lipinski definition) is 3. The van der Waals surface area contributed by atoms with Crippen LogP contribution in [-0.2, 0) is 0 Å². The van der Waals surface area contributed by atoms with E-state index >= 15 is 0 Å². The van der Waals surface area contributed by atoms with Crippen LogP contribution in [0.2, 0.25) is 10.0 Å². The highest BCUT2D eigenvalue weighted by Crippen LogP contribution is 2.30. The number of nitrogens with two attached hydrogens (primary N) is 1. The number of anilines is 3. The van der Waals surface area contributed by atoms with Gasteiger partial charge in [0.05, 0.1) is 22.0 Å². The summed E-state index contributed by atoms with van der Waals surface area (Å²) in [6.45, 7) is 0. The Morgan fingerprint density at radius 1 is 1.11 bits per heavy atom. The average molecular weight is 297 g/mol. The van der Waals surface area contributed by atoms with Crippen molar-refractivity contribution in [2.75, 3.05) is 11.1 Å². The summed E-state index contributed by atoms with van der Waals surface area (Å²) in [5, 5.41) is 13.0. The van der Waals surface area contributed by atoms with Gasteiger partial charge in [0.1, 0.15) is 0 Å². The van der Waals surface area contributed by atoms with Crippen molar-refractivity contribution >= 4 is 46.2 Å². The quantitative estimate of drug-likeness (QED) is 0.748. The lowest BCUT2D eigenvalue weighted by atomic mass is 10.1. The van der Waals surface area contributed by atoms with Crippen molar-refractivity contribution in [1.82, 2.24) is 0 Å². The highest BCUT2D eigenvalue weighted by Gasteiger charge is 2.12. The Labute approximate surface area is 119 Å². The van der Waals surface area contributed by atoms with Crippen molar-refractivity contribution in [2.45, 2.75) is 0 Å². The summed E-state index contributed by atoms with van der Waals surface area (Å²) in [5.41, 5.74) is 6.94. The van der Waals surface area contributed by atoms with E-state index in [2.05, 4.69) is 5.32 Å². The van der Waals surface area contributed by atoms with Gasteiger partial charge in [0.2, 0.25) is 0 Å². The molecule has 0 saturated carbocycles. The molecule has 4 N–H and O–H groups in total. The van der Waals surface area contributed by atoms with Crippen molar-refractivity contribution < 1.29 is 9.90 Å². The minimum absolute atomic E-state index is 0.0658. The molecule has 2 aromatic rings. The normalized spacial score (nSPS) is 10.2. The second-order valence-electron chi connectivity index (χ2n) is 3.86. The monoisotopic (exact) mass is 296 g/mol. The molecule has 19 heavy (non-hydrogen) atoms. The van der Waals surface area contributed by atoms with Crippen molar-refractivity contribution in [2.24, 2.45) is 0 Å². The molecule has 0 spiro atoms. The smallest absolute Gasteiger partial charge is 0.337 e. The summed E-state index contributed by atoms with van der Waals surface area (Å²) in [4.78, 5) is 11.2. The SMILES string of the molecule is Nc1ccc(Nc2cc(Cl)ccc2Cl)c(C(=O)O)c1. The fraction of sp³-hybridized carbons (Fsp3) is 0. The van der Waals surface area contributed by atoms with Crippen LogP contribution in [0.25, 0.3) is 0 Å². The van der Waals surface area contributed by atoms with Gasteiger partial charge < -0.3 is 16.2 Å². The standard InChI is InChI=1S/C13H10Cl2N2O2/c14-7-1-3-10(15)12(5-7)17-11-4-2-8(16)6-9(11)13(18)19/h1-6,17H,16H2,(H,18,19). The van der Waals surface area contributed by atoms with Crippen LogP contribution in [0, 0.1) is 0 Å². The Hall–Kier alpha value is -1.91. The first-order valence-electron chi connectivity index (χ1n) is 5.32. The lowest BCUT2D eigenvalue weighted by Crippen LogP contribution is -2.04. The van der Waals surface area contributed by atoms with Gasteiger partial charge in [-0.05, 0) is 36.4 Å². The Balaban J connectivity index is 2.43. The van der Waals surface area contributed by atoms with E-state index in [4.69, 9.17) is 34.0 Å². The van der Waals surface area contributed by atoms with Gasteiger partial charge in [0.25, 0.3) is 0 Å². The zero-order valence-electron chi connectivity index (χ0n) is 9.65. The first-order valence-corrected chi connectivity index (χ1v) is 6.08. The Morgan fingerprint density at radius 3 is 2.53 bits per heavy atom. The number of benzene rings is 2. The first-order chi connectivity index (χ1) is 8.97. The van der Waals surface area contributed by atoms with Crippen molar-refractivity contribution in [3.63, 3.8) is 0 Å². The third-order valence-electron chi connectivity index (χ3n) is 2.47. The van der Waals surface area contributed by atoms with Crippen molar-refractivity contribution in [3.8, 4) is 0 Å². The summed E-state index contributed by atoms with van der Waals surface area (Å²) in [6, 6.07) is 9.46. The predicted octanol–water partition coefficient (Wildman–Crippen LogP) is 4.02. The second-order valence-corrected chi connectivity index (χ2v) is 4.70. The van der Waals surface area contributed by atoms with Crippen LogP contribution in [0.4, 0.5) is 17.1 Å². The van der Waals surface area contributed by atoms with E-state index < -0.39 is 5.97 Å². The zero-order chi connectivity index (χ0) is 14.0. The molecule has 0 heterocycles. The van der Waals surface area contributed by atoms with Gasteiger partial charge in [-0.2, -0.15) is 0 Å². The Bertz CT molecular complexity index is 645. The minimum atomic E-state index is -1.08. The van der Waals surface area contributed by atoms with Gasteiger partial charge in [0.15, 0.2) is 0 Å². The van der Waals surface area contributed by atoms with E-state index in [1.54, 1.807) is 30.3 Å². The molecule has 0 aliphatic carbocycles. The van der Waals surface area contributed by atoms with Gasteiger partial charge >= 0.3 is 5.97 Å². The molecule has 6 heteroatoms. The number of halogens is 2. The van der Waals surface area contributed by atoms with Crippen LogP contribution in [0.1, 0.15) is 10.4 Å². The highest BCUT2D eigenvalue weighted by molar-refractivity contribution is 6.35. The van der Waals surface area contributed by atoms with Gasteiger partial charge in [0, 0.05) is 10.7 Å². The molecule has 0 amide bonds. The average Bonchev–Trinajstić information content (AvgIpc) is 2.35. The minimum Gasteiger partial charge on any atom is -0.478 e. The molecule has 0 saturated heterocycles. The molecule has 0 fully saturated rings. The third-order valence-corrected chi connectivity index (χ3v) is 3.04. The molecule has 0 unspecified atom stereocenters. The zero-order valence-corrected chi connectivity index (χ0v) is 11.2. The summed E-state index contributed by atoms with van der Waals surface area (Å²) in [5.74, 6) is -1.08. The van der Waals surface area contributed by atoms with Gasteiger partial charge in [-0.1, -0.05) is 23.2 Å². The Morgan fingerprint density at radius 2 is 1.84 bits per heavy atom. The molecule has 0 aliphatic rings. The number of hydrogen-bond donors (Lipinski definition) is 3. The molecular formula is C13H10Cl2N2O2. The van der Waals surface area contributed by atoms with E-state index in [9.17, 15) is 4.79 Å². The first kappa shape index (κ1) is 13.5. The van der Waals surface area contributed by atoms with Crippen molar-refractivity contribution in [1.29, 1.82) is 0 Å². The molecule has 0 radical (unpaired) electrons. The molecule has 0 aliphatic heterocycles. The lowest BCUT2D eigenvalue weighted by Gasteiger charge is -2.12. The van der Waals surface area contributed by atoms with Gasteiger partial charge in [-0.3, -0.25) is 0 Å². The fourth-order valence-electron chi connectivity index (χ4n) is 1.59. The predicted molar refractivity (Wildman–Crippen MR) is 77.6 cm³/mol. The van der Waals surface area contributed by atoms with E-state index in [1.165, 1.54) is 6.07 Å². The molecular weight excluding hydrogens is 287 g/mol. The maximum absolute atomic E-state index is 11.2. The van der Waals surface area contributed by atoms with Gasteiger partial charge in [-0.15, -0.1) is 0 Å². The summed E-state index contributed by atoms with van der Waals surface area (Å²) in [6.07, 6.45) is 0. The number of nitrogen functional groups attached to an aromatic ring is 1. The van der Waals surface area contributed by atoms with E-state index in [0.29, 0.717) is 27.1 Å². The summed E-state index contributed by atoms with van der Waals surface area (Å²) in [7, 11) is 0. The largest absolute Gasteiger partial charge is 0.478 e. The molecule has 98 valence electrons. The van der Waals surface area contributed by atoms with Crippen LogP contribution in [0.3, 0.4) is 0 Å². The highest BCUT2D eigenvalue weighted by atomic mass is 35.5. The number of carboxylic acid groups (broad SMARTS) is 1. The van der Waals surface area contributed by atoms with Crippen LogP contribution in [0.15, 0.2) is 36.4 Å². The fourth-order valence-corrected chi connectivity index (χ4v) is 1.92. The topological polar surface area (TPSA) is 75.3 Å². The maximum atomic E-state index is 11.2. The number of aromatic carboxylic acids is 1. The van der Waals surface area contributed by atoms with Crippen LogP contribution < -0.4 is 11.1 Å². The molecule has 0 bridgehead atoms. The number of carboxylic acids is 1. The van der Waals surface area contributed by atoms with Crippen molar-refractivity contribution in [3.05, 3.63) is 52.0 Å². The van der Waals surface area contributed by atoms with E-state index in [-0.39, 0.29) is 5.56 Å². The summed E-state index contributed by atoms with van der Waals surface area (Å²) < 4.78 is 0. The molecule has 2 rings (SSSR count). The number of nitrogens with one attached hydrogen (secondary N) is 1. The van der Waals surface area contributed by atoms with E-state index in [1.807, 2.05) is 0 Å². The number of rotatable bonds is 3. The molecule has 4 nitrogen and oxygen atoms in total. The van der Waals surface area contributed by atoms with Crippen LogP contribution >= 0.6 is 23.2 Å². The summed E-state index contributed by atoms with van der Waals surface area (Å²) >= 11 is 11.9. The molecule has 2 aromatic carbocycles. The number of carbonyl (C=O) groups is 1.